The molecule has 0 aliphatic heterocycles. The minimum absolute atomic E-state index is 0.0135. The number of nitrogens with one attached hydrogen (secondary N) is 1. The molecule has 7 heteroatoms. The molecule has 0 spiro atoms. The van der Waals surface area contributed by atoms with Crippen LogP contribution in [0.3, 0.4) is 0 Å². The number of aliphatic imine (C=N–C) groups is 1. The molecular formula is C20H24N2O4S. The van der Waals surface area contributed by atoms with E-state index in [0.717, 1.165) is 25.7 Å². The highest BCUT2D eigenvalue weighted by molar-refractivity contribution is 7.89. The number of hydrogen-bond donors (Lipinski definition) is 2. The second-order valence-electron chi connectivity index (χ2n) is 6.61. The number of phenolic OH excluding ortho intramolecular Hbond substituents is 1. The van der Waals surface area contributed by atoms with E-state index >= 15 is 0 Å². The zero-order chi connectivity index (χ0) is 19.3. The Morgan fingerprint density at radius 3 is 2.48 bits per heavy atom. The molecule has 2 N–H and O–H groups in total. The van der Waals surface area contributed by atoms with Gasteiger partial charge in [-0.2, -0.15) is 0 Å². The van der Waals surface area contributed by atoms with Crippen molar-refractivity contribution >= 4 is 21.9 Å². The molecule has 0 radical (unpaired) electrons. The van der Waals surface area contributed by atoms with Gasteiger partial charge in [-0.05, 0) is 49.2 Å². The molecule has 1 fully saturated rings. The standard InChI is InChI=1S/C20H24N2O4S/c1-26-19-9-5-6-15(20(19)23)14-21-16-10-12-18(13-11-16)27(24,25)22-17-7-3-2-4-8-17/h5-6,9-14,17,22-23H,2-4,7-8H2,1H3. The Bertz CT molecular complexity index is 902. The van der Waals surface area contributed by atoms with Crippen LogP contribution in [0.5, 0.6) is 11.5 Å². The molecule has 0 bridgehead atoms. The van der Waals surface area contributed by atoms with Gasteiger partial charge in [-0.3, -0.25) is 4.99 Å². The van der Waals surface area contributed by atoms with E-state index in [1.54, 1.807) is 42.5 Å². The van der Waals surface area contributed by atoms with Crippen LogP contribution >= 0.6 is 0 Å². The molecule has 1 aliphatic carbocycles. The predicted octanol–water partition coefficient (Wildman–Crippen LogP) is 3.76. The fourth-order valence-electron chi connectivity index (χ4n) is 3.17. The van der Waals surface area contributed by atoms with E-state index in [2.05, 4.69) is 9.71 Å². The molecule has 0 aromatic heterocycles. The normalized spacial score (nSPS) is 15.9. The van der Waals surface area contributed by atoms with Crippen molar-refractivity contribution in [2.45, 2.75) is 43.0 Å². The van der Waals surface area contributed by atoms with Crippen LogP contribution < -0.4 is 9.46 Å². The van der Waals surface area contributed by atoms with Gasteiger partial charge in [0.05, 0.1) is 17.7 Å². The molecule has 0 saturated heterocycles. The lowest BCUT2D eigenvalue weighted by Gasteiger charge is -2.22. The van der Waals surface area contributed by atoms with E-state index in [1.807, 2.05) is 0 Å². The molecule has 0 atom stereocenters. The van der Waals surface area contributed by atoms with Gasteiger partial charge < -0.3 is 9.84 Å². The highest BCUT2D eigenvalue weighted by atomic mass is 32.2. The third-order valence-electron chi connectivity index (χ3n) is 4.68. The number of rotatable bonds is 6. The fraction of sp³-hybridized carbons (Fsp3) is 0.350. The average molecular weight is 388 g/mol. The third-order valence-corrected chi connectivity index (χ3v) is 6.21. The SMILES string of the molecule is COc1cccc(C=Nc2ccc(S(=O)(=O)NC3CCCCC3)cc2)c1O. The van der Waals surface area contributed by atoms with Crippen LogP contribution in [0.2, 0.25) is 0 Å². The number of benzene rings is 2. The van der Waals surface area contributed by atoms with E-state index in [0.29, 0.717) is 17.0 Å². The summed E-state index contributed by atoms with van der Waals surface area (Å²) in [6.07, 6.45) is 6.61. The van der Waals surface area contributed by atoms with Gasteiger partial charge in [0, 0.05) is 17.8 Å². The zero-order valence-electron chi connectivity index (χ0n) is 15.3. The minimum atomic E-state index is -3.52. The maximum Gasteiger partial charge on any atom is 0.240 e. The summed E-state index contributed by atoms with van der Waals surface area (Å²) < 4.78 is 32.9. The first-order valence-electron chi connectivity index (χ1n) is 9.02. The summed E-state index contributed by atoms with van der Waals surface area (Å²) >= 11 is 0. The highest BCUT2D eigenvalue weighted by Crippen LogP contribution is 2.28. The van der Waals surface area contributed by atoms with E-state index in [1.165, 1.54) is 19.7 Å². The maximum absolute atomic E-state index is 12.5. The number of phenols is 1. The number of methoxy groups -OCH3 is 1. The van der Waals surface area contributed by atoms with Crippen molar-refractivity contribution in [3.63, 3.8) is 0 Å². The number of para-hydroxylation sites is 1. The smallest absolute Gasteiger partial charge is 0.240 e. The summed E-state index contributed by atoms with van der Waals surface area (Å²) in [5, 5.41) is 10.1. The number of sulfonamides is 1. The van der Waals surface area contributed by atoms with Gasteiger partial charge in [-0.15, -0.1) is 0 Å². The second-order valence-corrected chi connectivity index (χ2v) is 8.32. The molecule has 144 valence electrons. The van der Waals surface area contributed by atoms with Crippen molar-refractivity contribution in [3.8, 4) is 11.5 Å². The summed E-state index contributed by atoms with van der Waals surface area (Å²) in [4.78, 5) is 4.53. The van der Waals surface area contributed by atoms with Gasteiger partial charge >= 0.3 is 0 Å². The van der Waals surface area contributed by atoms with E-state index in [4.69, 9.17) is 4.74 Å². The Balaban J connectivity index is 1.71. The van der Waals surface area contributed by atoms with Crippen LogP contribution in [0, 0.1) is 0 Å². The summed E-state index contributed by atoms with van der Waals surface area (Å²) in [5.74, 6) is 0.383. The summed E-state index contributed by atoms with van der Waals surface area (Å²) in [6, 6.07) is 11.5. The van der Waals surface area contributed by atoms with Crippen LogP contribution in [0.15, 0.2) is 52.4 Å². The molecule has 6 nitrogen and oxygen atoms in total. The first kappa shape index (κ1) is 19.4. The van der Waals surface area contributed by atoms with Gasteiger partial charge in [0.25, 0.3) is 0 Å². The fourth-order valence-corrected chi connectivity index (χ4v) is 4.48. The molecule has 0 unspecified atom stereocenters. The molecule has 27 heavy (non-hydrogen) atoms. The van der Waals surface area contributed by atoms with Gasteiger partial charge in [-0.1, -0.05) is 25.3 Å². The van der Waals surface area contributed by atoms with Crippen molar-refractivity contribution in [3.05, 3.63) is 48.0 Å². The van der Waals surface area contributed by atoms with Gasteiger partial charge in [0.2, 0.25) is 10.0 Å². The predicted molar refractivity (Wildman–Crippen MR) is 106 cm³/mol. The third kappa shape index (κ3) is 4.87. The molecule has 0 amide bonds. The highest BCUT2D eigenvalue weighted by Gasteiger charge is 2.21. The Morgan fingerprint density at radius 1 is 1.11 bits per heavy atom. The molecule has 1 aliphatic rings. The first-order chi connectivity index (χ1) is 13.0. The quantitative estimate of drug-likeness (QED) is 0.738. The maximum atomic E-state index is 12.5. The number of ether oxygens (including phenoxy) is 1. The van der Waals surface area contributed by atoms with Crippen molar-refractivity contribution in [1.82, 2.24) is 4.72 Å². The van der Waals surface area contributed by atoms with E-state index in [-0.39, 0.29) is 16.7 Å². The largest absolute Gasteiger partial charge is 0.504 e. The monoisotopic (exact) mass is 388 g/mol. The summed E-state index contributed by atoms with van der Waals surface area (Å²) in [7, 11) is -2.04. The minimum Gasteiger partial charge on any atom is -0.504 e. The topological polar surface area (TPSA) is 88.0 Å². The first-order valence-corrected chi connectivity index (χ1v) is 10.5. The van der Waals surface area contributed by atoms with E-state index in [9.17, 15) is 13.5 Å². The molecule has 0 heterocycles. The Morgan fingerprint density at radius 2 is 1.81 bits per heavy atom. The zero-order valence-corrected chi connectivity index (χ0v) is 16.1. The van der Waals surface area contributed by atoms with Crippen molar-refractivity contribution in [2.24, 2.45) is 4.99 Å². The van der Waals surface area contributed by atoms with Crippen LogP contribution in [-0.2, 0) is 10.0 Å². The molecular weight excluding hydrogens is 364 g/mol. The number of nitrogens with zero attached hydrogens (tertiary/aromatic N) is 1. The van der Waals surface area contributed by atoms with Crippen molar-refractivity contribution < 1.29 is 18.3 Å². The number of hydrogen-bond acceptors (Lipinski definition) is 5. The van der Waals surface area contributed by atoms with Crippen LogP contribution in [0.4, 0.5) is 5.69 Å². The van der Waals surface area contributed by atoms with Gasteiger partial charge in [0.1, 0.15) is 0 Å². The van der Waals surface area contributed by atoms with Crippen molar-refractivity contribution in [2.75, 3.05) is 7.11 Å². The lowest BCUT2D eigenvalue weighted by atomic mass is 9.96. The second kappa shape index (κ2) is 8.54. The molecule has 2 aromatic carbocycles. The van der Waals surface area contributed by atoms with Gasteiger partial charge in [-0.25, -0.2) is 13.1 Å². The summed E-state index contributed by atoms with van der Waals surface area (Å²) in [5.41, 5.74) is 1.11. The Hall–Kier alpha value is -2.38. The number of aromatic hydroxyl groups is 1. The van der Waals surface area contributed by atoms with Crippen LogP contribution in [0.25, 0.3) is 0 Å². The molecule has 3 rings (SSSR count). The molecule has 2 aromatic rings. The lowest BCUT2D eigenvalue weighted by molar-refractivity contribution is 0.373. The molecule has 1 saturated carbocycles. The average Bonchev–Trinajstić information content (AvgIpc) is 2.68. The van der Waals surface area contributed by atoms with Gasteiger partial charge in [0.15, 0.2) is 11.5 Å². The Labute approximate surface area is 160 Å². The van der Waals surface area contributed by atoms with E-state index < -0.39 is 10.0 Å². The van der Waals surface area contributed by atoms with Crippen LogP contribution in [-0.4, -0.2) is 32.9 Å². The summed E-state index contributed by atoms with van der Waals surface area (Å²) in [6.45, 7) is 0. The van der Waals surface area contributed by atoms with Crippen molar-refractivity contribution in [1.29, 1.82) is 0 Å². The Kier molecular flexibility index (Phi) is 6.13. The van der Waals surface area contributed by atoms with Crippen LogP contribution in [0.1, 0.15) is 37.7 Å². The lowest BCUT2D eigenvalue weighted by Crippen LogP contribution is -2.36.